The number of aliphatic hydroxyl groups excluding tert-OH is 2. The van der Waals surface area contributed by atoms with Gasteiger partial charge in [0.15, 0.2) is 0 Å². The first-order chi connectivity index (χ1) is 6.77. The van der Waals surface area contributed by atoms with Gasteiger partial charge < -0.3 is 19.8 Å². The second kappa shape index (κ2) is 5.95. The molecule has 0 spiro atoms. The number of amides is 1. The van der Waals surface area contributed by atoms with Gasteiger partial charge in [-0.1, -0.05) is 0 Å². The van der Waals surface area contributed by atoms with Crippen molar-refractivity contribution >= 4 is 5.91 Å². The zero-order valence-electron chi connectivity index (χ0n) is 8.19. The van der Waals surface area contributed by atoms with E-state index in [-0.39, 0.29) is 19.1 Å². The van der Waals surface area contributed by atoms with Gasteiger partial charge in [0.1, 0.15) is 0 Å². The summed E-state index contributed by atoms with van der Waals surface area (Å²) in [4.78, 5) is 13.1. The molecule has 1 rings (SSSR count). The Kier molecular flexibility index (Phi) is 4.86. The Labute approximate surface area is 83.3 Å². The molecule has 1 aliphatic rings. The number of carbonyl (C=O) groups is 1. The molecule has 0 aliphatic carbocycles. The molecule has 5 nitrogen and oxygen atoms in total. The van der Waals surface area contributed by atoms with Crippen molar-refractivity contribution < 1.29 is 19.7 Å². The minimum Gasteiger partial charge on any atom is -0.395 e. The van der Waals surface area contributed by atoms with Crippen LogP contribution in [0.1, 0.15) is 6.42 Å². The van der Waals surface area contributed by atoms with Crippen LogP contribution in [-0.2, 0) is 9.53 Å². The average Bonchev–Trinajstić information content (AvgIpc) is 2.11. The molecule has 1 amide bonds. The fourth-order valence-electron chi connectivity index (χ4n) is 1.38. The third-order valence-electron chi connectivity index (χ3n) is 2.26. The highest BCUT2D eigenvalue weighted by Gasteiger charge is 2.24. The number of nitrogens with zero attached hydrogens (tertiary/aromatic N) is 1. The summed E-state index contributed by atoms with van der Waals surface area (Å²) in [6, 6.07) is 0. The van der Waals surface area contributed by atoms with E-state index in [1.807, 2.05) is 0 Å². The van der Waals surface area contributed by atoms with Gasteiger partial charge in [0.25, 0.3) is 0 Å². The molecule has 82 valence electrons. The quantitative estimate of drug-likeness (QED) is 0.571. The van der Waals surface area contributed by atoms with E-state index in [0.717, 1.165) is 0 Å². The highest BCUT2D eigenvalue weighted by molar-refractivity contribution is 5.76. The van der Waals surface area contributed by atoms with Crippen LogP contribution in [0.5, 0.6) is 0 Å². The number of hydrogen-bond acceptors (Lipinski definition) is 4. The molecule has 0 bridgehead atoms. The average molecular weight is 203 g/mol. The van der Waals surface area contributed by atoms with Crippen molar-refractivity contribution in [3.05, 3.63) is 0 Å². The van der Waals surface area contributed by atoms with Crippen molar-refractivity contribution in [1.82, 2.24) is 4.90 Å². The van der Waals surface area contributed by atoms with Gasteiger partial charge in [0, 0.05) is 25.4 Å². The monoisotopic (exact) mass is 203 g/mol. The Morgan fingerprint density at radius 1 is 1.29 bits per heavy atom. The lowest BCUT2D eigenvalue weighted by Gasteiger charge is -2.28. The predicted molar refractivity (Wildman–Crippen MR) is 49.7 cm³/mol. The summed E-state index contributed by atoms with van der Waals surface area (Å²) in [7, 11) is 0. The fraction of sp³-hybridized carbons (Fsp3) is 0.889. The van der Waals surface area contributed by atoms with Crippen LogP contribution >= 0.6 is 0 Å². The number of rotatable bonds is 6. The Bertz CT molecular complexity index is 176. The van der Waals surface area contributed by atoms with Crippen LogP contribution in [0.3, 0.4) is 0 Å². The van der Waals surface area contributed by atoms with Gasteiger partial charge in [0.05, 0.1) is 26.4 Å². The second-order valence-electron chi connectivity index (χ2n) is 3.44. The maximum absolute atomic E-state index is 11.6. The van der Waals surface area contributed by atoms with Crippen LogP contribution in [0.4, 0.5) is 0 Å². The fourth-order valence-corrected chi connectivity index (χ4v) is 1.38. The summed E-state index contributed by atoms with van der Waals surface area (Å²) in [5.41, 5.74) is 0. The zero-order chi connectivity index (χ0) is 10.4. The third kappa shape index (κ3) is 3.25. The van der Waals surface area contributed by atoms with Crippen molar-refractivity contribution in [3.63, 3.8) is 0 Å². The molecule has 0 aromatic heterocycles. The molecule has 0 radical (unpaired) electrons. The van der Waals surface area contributed by atoms with Crippen LogP contribution in [0.2, 0.25) is 0 Å². The number of aliphatic hydroxyl groups is 2. The van der Waals surface area contributed by atoms with Gasteiger partial charge >= 0.3 is 0 Å². The minimum atomic E-state index is -0.0626. The normalized spacial score (nSPS) is 16.4. The van der Waals surface area contributed by atoms with Crippen molar-refractivity contribution in [2.24, 2.45) is 5.92 Å². The SMILES string of the molecule is O=C(CC1COC1)N(CCO)CCO. The Morgan fingerprint density at radius 2 is 1.86 bits per heavy atom. The lowest BCUT2D eigenvalue weighted by atomic mass is 10.0. The second-order valence-corrected chi connectivity index (χ2v) is 3.44. The van der Waals surface area contributed by atoms with Gasteiger partial charge in [-0.15, -0.1) is 0 Å². The predicted octanol–water partition coefficient (Wildman–Crippen LogP) is -1.16. The Balaban J connectivity index is 2.28. The van der Waals surface area contributed by atoms with E-state index < -0.39 is 0 Å². The zero-order valence-corrected chi connectivity index (χ0v) is 8.19. The lowest BCUT2D eigenvalue weighted by Crippen LogP contribution is -2.40. The minimum absolute atomic E-state index is 0.0126. The van der Waals surface area contributed by atoms with E-state index in [1.165, 1.54) is 4.90 Å². The summed E-state index contributed by atoms with van der Waals surface area (Å²) in [5.74, 6) is 0.309. The molecule has 5 heteroatoms. The molecule has 1 fully saturated rings. The molecule has 1 aliphatic heterocycles. The van der Waals surface area contributed by atoms with Crippen LogP contribution < -0.4 is 0 Å². The summed E-state index contributed by atoms with van der Waals surface area (Å²) in [6.07, 6.45) is 0.458. The third-order valence-corrected chi connectivity index (χ3v) is 2.26. The lowest BCUT2D eigenvalue weighted by molar-refractivity contribution is -0.137. The highest BCUT2D eigenvalue weighted by Crippen LogP contribution is 2.15. The number of ether oxygens (including phenoxy) is 1. The molecule has 14 heavy (non-hydrogen) atoms. The first-order valence-corrected chi connectivity index (χ1v) is 4.85. The summed E-state index contributed by atoms with van der Waals surface area (Å²) in [6.45, 7) is 1.77. The van der Waals surface area contributed by atoms with E-state index in [4.69, 9.17) is 14.9 Å². The first kappa shape index (κ1) is 11.4. The molecule has 1 heterocycles. The van der Waals surface area contributed by atoms with Crippen molar-refractivity contribution in [2.45, 2.75) is 6.42 Å². The van der Waals surface area contributed by atoms with Crippen molar-refractivity contribution in [1.29, 1.82) is 0 Å². The summed E-state index contributed by atoms with van der Waals surface area (Å²) in [5, 5.41) is 17.4. The van der Waals surface area contributed by atoms with E-state index in [2.05, 4.69) is 0 Å². The molecule has 0 atom stereocenters. The standard InChI is InChI=1S/C9H17NO4/c11-3-1-10(2-4-12)9(13)5-8-6-14-7-8/h8,11-12H,1-7H2. The van der Waals surface area contributed by atoms with Gasteiger partial charge in [-0.05, 0) is 0 Å². The van der Waals surface area contributed by atoms with E-state index in [9.17, 15) is 4.79 Å². The number of hydrogen-bond donors (Lipinski definition) is 2. The Hall–Kier alpha value is -0.650. The molecule has 2 N–H and O–H groups in total. The molecule has 1 saturated heterocycles. The molecule has 0 unspecified atom stereocenters. The molecule has 0 saturated carbocycles. The largest absolute Gasteiger partial charge is 0.395 e. The van der Waals surface area contributed by atoms with E-state index >= 15 is 0 Å². The highest BCUT2D eigenvalue weighted by atomic mass is 16.5. The van der Waals surface area contributed by atoms with Gasteiger partial charge in [-0.3, -0.25) is 4.79 Å². The molecule has 0 aromatic rings. The molecular weight excluding hydrogens is 186 g/mol. The molecule has 0 aromatic carbocycles. The van der Waals surface area contributed by atoms with Gasteiger partial charge in [0.2, 0.25) is 5.91 Å². The smallest absolute Gasteiger partial charge is 0.223 e. The Morgan fingerprint density at radius 3 is 2.21 bits per heavy atom. The van der Waals surface area contributed by atoms with Crippen LogP contribution in [-0.4, -0.2) is 60.5 Å². The van der Waals surface area contributed by atoms with Gasteiger partial charge in [-0.2, -0.15) is 0 Å². The summed E-state index contributed by atoms with van der Waals surface area (Å²) < 4.78 is 4.97. The topological polar surface area (TPSA) is 70.0 Å². The first-order valence-electron chi connectivity index (χ1n) is 4.85. The maximum atomic E-state index is 11.6. The van der Waals surface area contributed by atoms with Crippen molar-refractivity contribution in [3.8, 4) is 0 Å². The van der Waals surface area contributed by atoms with E-state index in [1.54, 1.807) is 0 Å². The number of carbonyl (C=O) groups excluding carboxylic acids is 1. The van der Waals surface area contributed by atoms with Gasteiger partial charge in [-0.25, -0.2) is 0 Å². The van der Waals surface area contributed by atoms with Crippen LogP contribution in [0.25, 0.3) is 0 Å². The summed E-state index contributed by atoms with van der Waals surface area (Å²) >= 11 is 0. The van der Waals surface area contributed by atoms with Crippen molar-refractivity contribution in [2.75, 3.05) is 39.5 Å². The van der Waals surface area contributed by atoms with Crippen LogP contribution in [0, 0.1) is 5.92 Å². The van der Waals surface area contributed by atoms with E-state index in [0.29, 0.717) is 38.6 Å². The maximum Gasteiger partial charge on any atom is 0.223 e. The van der Waals surface area contributed by atoms with Crippen LogP contribution in [0.15, 0.2) is 0 Å². The molecular formula is C9H17NO4.